The van der Waals surface area contributed by atoms with E-state index < -0.39 is 21.5 Å². The maximum atomic E-state index is 13.1. The van der Waals surface area contributed by atoms with Crippen molar-refractivity contribution in [1.82, 2.24) is 4.72 Å². The minimum atomic E-state index is -4.33. The van der Waals surface area contributed by atoms with Gasteiger partial charge in [0.1, 0.15) is 17.0 Å². The Balaban J connectivity index is 2.04. The lowest BCUT2D eigenvalue weighted by Crippen LogP contribution is -2.55. The largest absolute Gasteiger partial charge is 0.487 e. The van der Waals surface area contributed by atoms with Crippen molar-refractivity contribution < 1.29 is 23.1 Å². The first-order valence-electron chi connectivity index (χ1n) is 8.25. The highest BCUT2D eigenvalue weighted by Crippen LogP contribution is 2.37. The number of rotatable bonds is 7. The first-order valence-corrected chi connectivity index (χ1v) is 10.5. The van der Waals surface area contributed by atoms with Crippen LogP contribution >= 0.6 is 23.2 Å². The van der Waals surface area contributed by atoms with E-state index in [2.05, 4.69) is 11.3 Å². The van der Waals surface area contributed by atoms with Crippen molar-refractivity contribution in [1.29, 1.82) is 0 Å². The van der Waals surface area contributed by atoms with Gasteiger partial charge < -0.3 is 9.84 Å². The zero-order valence-corrected chi connectivity index (χ0v) is 16.9. The highest BCUT2D eigenvalue weighted by molar-refractivity contribution is 7.89. The van der Waals surface area contributed by atoms with Gasteiger partial charge in [0.2, 0.25) is 10.0 Å². The molecule has 0 saturated heterocycles. The fraction of sp³-hybridized carbons (Fsp3) is 0.211. The predicted molar refractivity (Wildman–Crippen MR) is 107 cm³/mol. The first kappa shape index (κ1) is 20.7. The number of nitrogens with one attached hydrogen (secondary N) is 1. The Morgan fingerprint density at radius 1 is 1.25 bits per heavy atom. The van der Waals surface area contributed by atoms with Gasteiger partial charge in [0, 0.05) is 17.9 Å². The average molecular weight is 442 g/mol. The third-order valence-corrected chi connectivity index (χ3v) is 6.49. The number of fused-ring (bicyclic) bond motifs is 1. The number of hydrogen-bond acceptors (Lipinski definition) is 4. The molecule has 0 saturated carbocycles. The Bertz CT molecular complexity index is 1030. The molecule has 6 nitrogen and oxygen atoms in total. The molecule has 2 aromatic rings. The molecule has 0 spiro atoms. The summed E-state index contributed by atoms with van der Waals surface area (Å²) in [6, 6.07) is 9.64. The molecule has 0 radical (unpaired) electrons. The van der Waals surface area contributed by atoms with E-state index in [1.807, 2.05) is 0 Å². The fourth-order valence-electron chi connectivity index (χ4n) is 3.21. The summed E-state index contributed by atoms with van der Waals surface area (Å²) < 4.78 is 34.0. The van der Waals surface area contributed by atoms with Crippen molar-refractivity contribution in [2.24, 2.45) is 0 Å². The molecule has 2 N–H and O–H groups in total. The molecule has 0 unspecified atom stereocenters. The van der Waals surface area contributed by atoms with Crippen molar-refractivity contribution in [3.05, 3.63) is 70.2 Å². The van der Waals surface area contributed by atoms with Crippen LogP contribution in [0.15, 0.2) is 53.9 Å². The van der Waals surface area contributed by atoms with Crippen molar-refractivity contribution in [2.45, 2.75) is 23.3 Å². The second-order valence-electron chi connectivity index (χ2n) is 6.43. The summed E-state index contributed by atoms with van der Waals surface area (Å²) in [7, 11) is -4.33. The Labute approximate surface area is 172 Å². The van der Waals surface area contributed by atoms with Gasteiger partial charge in [-0.05, 0) is 23.3 Å². The van der Waals surface area contributed by atoms with Crippen molar-refractivity contribution >= 4 is 39.2 Å². The third-order valence-electron chi connectivity index (χ3n) is 4.45. The van der Waals surface area contributed by atoms with E-state index in [-0.39, 0.29) is 40.1 Å². The number of halogens is 2. The lowest BCUT2D eigenvalue weighted by atomic mass is 9.98. The SMILES string of the molecule is C=CCOc1c(Cl)cc(Cl)cc1S(=O)(=O)NC1(C(=O)O)Cc2ccccc2C1. The normalized spacial score (nSPS) is 15.1. The number of benzene rings is 2. The first-order chi connectivity index (χ1) is 13.2. The van der Waals surface area contributed by atoms with E-state index in [1.54, 1.807) is 24.3 Å². The predicted octanol–water partition coefficient (Wildman–Crippen LogP) is 3.46. The van der Waals surface area contributed by atoms with E-state index in [9.17, 15) is 18.3 Å². The molecular formula is C19H17Cl2NO5S. The van der Waals surface area contributed by atoms with E-state index in [4.69, 9.17) is 27.9 Å². The molecule has 148 valence electrons. The van der Waals surface area contributed by atoms with Crippen LogP contribution in [0.5, 0.6) is 5.75 Å². The van der Waals surface area contributed by atoms with Gasteiger partial charge in [-0.3, -0.25) is 4.79 Å². The Morgan fingerprint density at radius 2 is 1.86 bits per heavy atom. The molecule has 28 heavy (non-hydrogen) atoms. The molecule has 0 aromatic heterocycles. The highest BCUT2D eigenvalue weighted by atomic mass is 35.5. The molecule has 0 fully saturated rings. The molecule has 0 atom stereocenters. The van der Waals surface area contributed by atoms with Gasteiger partial charge in [-0.1, -0.05) is 60.1 Å². The summed E-state index contributed by atoms with van der Waals surface area (Å²) in [5.74, 6) is -1.39. The molecule has 1 aliphatic carbocycles. The minimum absolute atomic E-state index is 0.00573. The van der Waals surface area contributed by atoms with Gasteiger partial charge in [0.15, 0.2) is 5.75 Å². The van der Waals surface area contributed by atoms with Gasteiger partial charge in [-0.15, -0.1) is 0 Å². The van der Waals surface area contributed by atoms with Gasteiger partial charge >= 0.3 is 5.97 Å². The molecule has 0 bridgehead atoms. The molecule has 9 heteroatoms. The van der Waals surface area contributed by atoms with Gasteiger partial charge in [0.05, 0.1) is 5.02 Å². The molecule has 0 aliphatic heterocycles. The standard InChI is InChI=1S/C19H17Cl2NO5S/c1-2-7-27-17-15(21)8-14(20)9-16(17)28(25,26)22-19(18(23)24)10-12-5-3-4-6-13(12)11-19/h2-6,8-9,22H,1,7,10-11H2,(H,23,24). The summed E-state index contributed by atoms with van der Waals surface area (Å²) in [5.41, 5.74) is -0.160. The summed E-state index contributed by atoms with van der Waals surface area (Å²) in [5, 5.41) is 9.92. The molecule has 1 aliphatic rings. The minimum Gasteiger partial charge on any atom is -0.487 e. The average Bonchev–Trinajstić information content (AvgIpc) is 2.99. The monoisotopic (exact) mass is 441 g/mol. The molecular weight excluding hydrogens is 425 g/mol. The Morgan fingerprint density at radius 3 is 2.39 bits per heavy atom. The van der Waals surface area contributed by atoms with Crippen LogP contribution in [0.3, 0.4) is 0 Å². The molecule has 3 rings (SSSR count). The molecule has 0 heterocycles. The molecule has 2 aromatic carbocycles. The summed E-state index contributed by atoms with van der Waals surface area (Å²) in [6.07, 6.45) is 1.48. The Hall–Kier alpha value is -2.06. The number of sulfonamides is 1. The molecule has 0 amide bonds. The van der Waals surface area contributed by atoms with Crippen LogP contribution in [0, 0.1) is 0 Å². The lowest BCUT2D eigenvalue weighted by molar-refractivity contribution is -0.143. The van der Waals surface area contributed by atoms with Gasteiger partial charge in [0.25, 0.3) is 0 Å². The zero-order valence-electron chi connectivity index (χ0n) is 14.6. The second kappa shape index (κ2) is 7.75. The van der Waals surface area contributed by atoms with Gasteiger partial charge in [-0.25, -0.2) is 8.42 Å². The van der Waals surface area contributed by atoms with E-state index in [0.29, 0.717) is 0 Å². The van der Waals surface area contributed by atoms with Crippen LogP contribution in [0.1, 0.15) is 11.1 Å². The van der Waals surface area contributed by atoms with Crippen LogP contribution in [0.2, 0.25) is 10.0 Å². The smallest absolute Gasteiger partial charge is 0.325 e. The quantitative estimate of drug-likeness (QED) is 0.641. The lowest BCUT2D eigenvalue weighted by Gasteiger charge is -2.26. The fourth-order valence-corrected chi connectivity index (χ4v) is 5.43. The second-order valence-corrected chi connectivity index (χ2v) is 8.92. The van der Waals surface area contributed by atoms with Crippen LogP contribution < -0.4 is 9.46 Å². The van der Waals surface area contributed by atoms with Crippen LogP contribution in [0.25, 0.3) is 0 Å². The number of carbonyl (C=O) groups is 1. The number of ether oxygens (including phenoxy) is 1. The van der Waals surface area contributed by atoms with Crippen LogP contribution in [0.4, 0.5) is 0 Å². The highest BCUT2D eigenvalue weighted by Gasteiger charge is 2.47. The third kappa shape index (κ3) is 3.89. The topological polar surface area (TPSA) is 92.7 Å². The van der Waals surface area contributed by atoms with Crippen LogP contribution in [-0.4, -0.2) is 31.6 Å². The number of carboxylic acids is 1. The maximum absolute atomic E-state index is 13.1. The van der Waals surface area contributed by atoms with Crippen molar-refractivity contribution in [2.75, 3.05) is 6.61 Å². The summed E-state index contributed by atoms with van der Waals surface area (Å²) >= 11 is 12.1. The van der Waals surface area contributed by atoms with Crippen LogP contribution in [-0.2, 0) is 27.7 Å². The summed E-state index contributed by atoms with van der Waals surface area (Å²) in [4.78, 5) is 11.7. The summed E-state index contributed by atoms with van der Waals surface area (Å²) in [6.45, 7) is 3.53. The zero-order chi connectivity index (χ0) is 20.5. The van der Waals surface area contributed by atoms with E-state index in [0.717, 1.165) is 11.1 Å². The van der Waals surface area contributed by atoms with Crippen molar-refractivity contribution in [3.63, 3.8) is 0 Å². The van der Waals surface area contributed by atoms with E-state index >= 15 is 0 Å². The Kier molecular flexibility index (Phi) is 5.72. The van der Waals surface area contributed by atoms with Gasteiger partial charge in [-0.2, -0.15) is 4.72 Å². The number of aliphatic carboxylic acids is 1. The number of carboxylic acid groups (broad SMARTS) is 1. The van der Waals surface area contributed by atoms with E-state index in [1.165, 1.54) is 18.2 Å². The maximum Gasteiger partial charge on any atom is 0.325 e. The number of hydrogen-bond donors (Lipinski definition) is 2. The van der Waals surface area contributed by atoms with Crippen molar-refractivity contribution in [3.8, 4) is 5.75 Å².